The summed E-state index contributed by atoms with van der Waals surface area (Å²) in [6, 6.07) is 56.5. The molecule has 0 bridgehead atoms. The summed E-state index contributed by atoms with van der Waals surface area (Å²) in [5, 5.41) is 13.0. The summed E-state index contributed by atoms with van der Waals surface area (Å²) >= 11 is 0.297. The van der Waals surface area contributed by atoms with Crippen LogP contribution in [0.2, 0.25) is 0 Å². The fourth-order valence-corrected chi connectivity index (χ4v) is 10.1. The van der Waals surface area contributed by atoms with Gasteiger partial charge in [0.25, 0.3) is 0 Å². The SMILES string of the molecule is c1ccc2c(c1)[se]c1c(-c3ccc4c(c3)c3cccc5c6ccccc6c6ccccc6c6ccccc6n4c53)cccc12. The van der Waals surface area contributed by atoms with Crippen LogP contribution in [-0.4, -0.2) is 18.9 Å². The van der Waals surface area contributed by atoms with Gasteiger partial charge in [0.1, 0.15) is 0 Å². The maximum absolute atomic E-state index is 2.52. The number of nitrogens with zero attached hydrogens (tertiary/aromatic N) is 1. The Bertz CT molecular complexity index is 2830. The van der Waals surface area contributed by atoms with Crippen molar-refractivity contribution in [3.05, 3.63) is 152 Å². The van der Waals surface area contributed by atoms with Crippen LogP contribution in [0, 0.1) is 0 Å². The summed E-state index contributed by atoms with van der Waals surface area (Å²) in [4.78, 5) is 0. The third kappa shape index (κ3) is 3.30. The number of aromatic nitrogens is 1. The molecule has 1 nitrogen and oxygen atoms in total. The van der Waals surface area contributed by atoms with Gasteiger partial charge in [-0.25, -0.2) is 0 Å². The van der Waals surface area contributed by atoms with Gasteiger partial charge in [0.15, 0.2) is 0 Å². The minimum atomic E-state index is 0.297. The first-order valence-corrected chi connectivity index (χ1v) is 16.8. The Morgan fingerprint density at radius 2 is 0.886 bits per heavy atom. The van der Waals surface area contributed by atoms with E-state index in [1.54, 1.807) is 0 Å². The summed E-state index contributed by atoms with van der Waals surface area (Å²) in [5.41, 5.74) is 6.37. The van der Waals surface area contributed by atoms with E-state index < -0.39 is 0 Å². The molecule has 3 heterocycles. The van der Waals surface area contributed by atoms with Gasteiger partial charge in [0.05, 0.1) is 0 Å². The molecule has 2 heteroatoms. The standard InChI is InChI=1S/C42H25NSe/c1-3-13-30-28(11-1)29-12-2-4-14-31(29)34-18-10-19-35-37-25-26(23-24-39(37)43(41(34)35)38-21-7-5-15-32(30)38)27-17-9-20-36-33-16-6-8-22-40(33)44-42(27)36/h1-25H. The molecule has 10 aromatic rings. The van der Waals surface area contributed by atoms with E-state index in [1.807, 2.05) is 0 Å². The second-order valence-corrected chi connectivity index (χ2v) is 13.9. The molecule has 3 aromatic heterocycles. The molecule has 0 radical (unpaired) electrons. The zero-order valence-corrected chi connectivity index (χ0v) is 25.5. The van der Waals surface area contributed by atoms with Crippen LogP contribution in [0.3, 0.4) is 0 Å². The quantitative estimate of drug-likeness (QED) is 0.161. The van der Waals surface area contributed by atoms with Crippen molar-refractivity contribution in [1.82, 2.24) is 4.40 Å². The summed E-state index contributed by atoms with van der Waals surface area (Å²) < 4.78 is 5.50. The van der Waals surface area contributed by atoms with E-state index in [9.17, 15) is 0 Å². The van der Waals surface area contributed by atoms with E-state index in [2.05, 4.69) is 156 Å². The molecule has 0 aliphatic carbocycles. The maximum atomic E-state index is 2.52. The van der Waals surface area contributed by atoms with Gasteiger partial charge in [-0.15, -0.1) is 0 Å². The monoisotopic (exact) mass is 623 g/mol. The average molecular weight is 623 g/mol. The third-order valence-electron chi connectivity index (χ3n) is 9.37. The molecule has 44 heavy (non-hydrogen) atoms. The number of hydrogen-bond donors (Lipinski definition) is 0. The summed E-state index contributed by atoms with van der Waals surface area (Å²) in [5.74, 6) is 0. The van der Waals surface area contributed by atoms with Gasteiger partial charge in [0.2, 0.25) is 0 Å². The van der Waals surface area contributed by atoms with Crippen molar-refractivity contribution in [2.45, 2.75) is 0 Å². The fourth-order valence-electron chi connectivity index (χ4n) is 7.48. The summed E-state index contributed by atoms with van der Waals surface area (Å²) in [7, 11) is 0. The molecule has 0 amide bonds. The van der Waals surface area contributed by atoms with Gasteiger partial charge in [-0.1, -0.05) is 6.07 Å². The van der Waals surface area contributed by atoms with Crippen molar-refractivity contribution in [3.8, 4) is 11.1 Å². The molecule has 0 saturated heterocycles. The molecule has 0 aliphatic rings. The second kappa shape index (κ2) is 9.18. The third-order valence-corrected chi connectivity index (χ3v) is 11.9. The average Bonchev–Trinajstić information content (AvgIpc) is 3.64. The molecule has 0 aliphatic heterocycles. The van der Waals surface area contributed by atoms with Gasteiger partial charge < -0.3 is 0 Å². The first kappa shape index (κ1) is 24.3. The van der Waals surface area contributed by atoms with Crippen molar-refractivity contribution in [2.75, 3.05) is 0 Å². The Morgan fingerprint density at radius 1 is 0.364 bits per heavy atom. The van der Waals surface area contributed by atoms with Crippen molar-refractivity contribution in [2.24, 2.45) is 0 Å². The van der Waals surface area contributed by atoms with Crippen molar-refractivity contribution < 1.29 is 0 Å². The number of rotatable bonds is 1. The molecule has 0 fully saturated rings. The number of fused-ring (bicyclic) bond motifs is 13. The van der Waals surface area contributed by atoms with E-state index in [-0.39, 0.29) is 0 Å². The molecular weight excluding hydrogens is 597 g/mol. The minimum absolute atomic E-state index is 0.297. The molecule has 0 saturated carbocycles. The van der Waals surface area contributed by atoms with Crippen molar-refractivity contribution >= 4 is 93.4 Å². The predicted octanol–water partition coefficient (Wildman–Crippen LogP) is 11.3. The van der Waals surface area contributed by atoms with Crippen LogP contribution in [0.4, 0.5) is 0 Å². The number of benzene rings is 7. The van der Waals surface area contributed by atoms with Crippen LogP contribution in [0.25, 0.3) is 90.1 Å². The Morgan fingerprint density at radius 3 is 1.66 bits per heavy atom. The van der Waals surface area contributed by atoms with Crippen LogP contribution in [-0.2, 0) is 0 Å². The zero-order valence-electron chi connectivity index (χ0n) is 23.8. The first-order chi connectivity index (χ1) is 21.8. The Labute approximate surface area is 259 Å². The summed E-state index contributed by atoms with van der Waals surface area (Å²) in [6.45, 7) is 0. The molecule has 0 atom stereocenters. The van der Waals surface area contributed by atoms with E-state index in [4.69, 9.17) is 0 Å². The Hall–Kier alpha value is -5.14. The van der Waals surface area contributed by atoms with Crippen LogP contribution in [0.15, 0.2) is 152 Å². The van der Waals surface area contributed by atoms with Crippen molar-refractivity contribution in [3.63, 3.8) is 0 Å². The van der Waals surface area contributed by atoms with E-state index in [1.165, 1.54) is 90.1 Å². The molecule has 204 valence electrons. The van der Waals surface area contributed by atoms with E-state index >= 15 is 0 Å². The number of hydrogen-bond acceptors (Lipinski definition) is 0. The Kier molecular flexibility index (Phi) is 5.07. The van der Waals surface area contributed by atoms with Gasteiger partial charge in [-0.05, 0) is 0 Å². The van der Waals surface area contributed by atoms with Crippen LogP contribution < -0.4 is 0 Å². The first-order valence-electron chi connectivity index (χ1n) is 15.1. The second-order valence-electron chi connectivity index (χ2n) is 11.7. The molecule has 7 aromatic carbocycles. The van der Waals surface area contributed by atoms with Gasteiger partial charge in [-0.3, -0.25) is 0 Å². The predicted molar refractivity (Wildman–Crippen MR) is 191 cm³/mol. The van der Waals surface area contributed by atoms with Crippen LogP contribution in [0.1, 0.15) is 0 Å². The zero-order chi connectivity index (χ0) is 28.8. The molecule has 0 N–H and O–H groups in total. The van der Waals surface area contributed by atoms with Gasteiger partial charge >= 0.3 is 255 Å². The molecule has 0 spiro atoms. The van der Waals surface area contributed by atoms with Gasteiger partial charge in [-0.2, -0.15) is 0 Å². The summed E-state index contributed by atoms with van der Waals surface area (Å²) in [6.07, 6.45) is 0. The normalized spacial score (nSPS) is 12.1. The Balaban J connectivity index is 1.43. The molecule has 0 unspecified atom stereocenters. The van der Waals surface area contributed by atoms with E-state index in [0.29, 0.717) is 14.5 Å². The molecular formula is C42H25NSe. The van der Waals surface area contributed by atoms with Crippen LogP contribution in [0.5, 0.6) is 0 Å². The van der Waals surface area contributed by atoms with Crippen LogP contribution >= 0.6 is 0 Å². The topological polar surface area (TPSA) is 4.41 Å². The van der Waals surface area contributed by atoms with E-state index in [0.717, 1.165) is 0 Å². The van der Waals surface area contributed by atoms with Crippen molar-refractivity contribution in [1.29, 1.82) is 0 Å². The number of para-hydroxylation sites is 2. The molecule has 10 rings (SSSR count). The fraction of sp³-hybridized carbons (Fsp3) is 0. The van der Waals surface area contributed by atoms with Gasteiger partial charge in [0, 0.05) is 0 Å².